The Hall–Kier alpha value is -1.71. The van der Waals surface area contributed by atoms with E-state index in [1.165, 1.54) is 32.1 Å². The van der Waals surface area contributed by atoms with Crippen LogP contribution >= 0.6 is 0 Å². The van der Waals surface area contributed by atoms with Gasteiger partial charge in [0.25, 0.3) is 0 Å². The van der Waals surface area contributed by atoms with Gasteiger partial charge in [-0.25, -0.2) is 0 Å². The molecule has 0 saturated heterocycles. The first-order chi connectivity index (χ1) is 9.25. The largest absolute Gasteiger partial charge is 0.492 e. The van der Waals surface area contributed by atoms with E-state index in [1.54, 1.807) is 0 Å². The van der Waals surface area contributed by atoms with E-state index in [9.17, 15) is 5.11 Å². The van der Waals surface area contributed by atoms with Gasteiger partial charge in [0.1, 0.15) is 0 Å². The average molecular weight is 260 g/mol. The minimum atomic E-state index is 0.0775. The van der Waals surface area contributed by atoms with Gasteiger partial charge < -0.3 is 9.84 Å². The molecule has 4 nitrogen and oxygen atoms in total. The Balaban J connectivity index is 1.78. The first-order valence-corrected chi connectivity index (χ1v) is 7.05. The van der Waals surface area contributed by atoms with E-state index >= 15 is 0 Å². The quantitative estimate of drug-likeness (QED) is 0.921. The van der Waals surface area contributed by atoms with Gasteiger partial charge in [-0.15, -0.1) is 0 Å². The highest BCUT2D eigenvalue weighted by molar-refractivity contribution is 5.57. The molecule has 2 heterocycles. The minimum Gasteiger partial charge on any atom is -0.492 e. The van der Waals surface area contributed by atoms with E-state index in [-0.39, 0.29) is 5.88 Å². The molecule has 0 spiro atoms. The second kappa shape index (κ2) is 5.11. The lowest BCUT2D eigenvalue weighted by molar-refractivity contribution is 0.210. The second-order valence-corrected chi connectivity index (χ2v) is 5.40. The molecule has 0 radical (unpaired) electrons. The summed E-state index contributed by atoms with van der Waals surface area (Å²) in [4.78, 5) is 4.17. The number of pyridine rings is 1. The maximum absolute atomic E-state index is 9.70. The third-order valence-corrected chi connectivity index (χ3v) is 4.03. The van der Waals surface area contributed by atoms with Crippen molar-refractivity contribution in [1.29, 1.82) is 0 Å². The lowest BCUT2D eigenvalue weighted by atomic mass is 9.90. The fourth-order valence-corrected chi connectivity index (χ4v) is 2.82. The van der Waals surface area contributed by atoms with Crippen LogP contribution in [0.4, 0.5) is 0 Å². The van der Waals surface area contributed by atoms with Crippen LogP contribution in [-0.4, -0.2) is 21.1 Å². The zero-order valence-electron chi connectivity index (χ0n) is 11.3. The number of aromatic hydroxyl groups is 1. The van der Waals surface area contributed by atoms with Crippen LogP contribution in [0.25, 0.3) is 5.65 Å². The SMILES string of the molecule is Cc1c(O)nc2c(OCC3CCCCC3)cccn12. The van der Waals surface area contributed by atoms with Gasteiger partial charge in [0.15, 0.2) is 11.4 Å². The molecule has 0 aromatic carbocycles. The first kappa shape index (κ1) is 12.3. The predicted molar refractivity (Wildman–Crippen MR) is 73.7 cm³/mol. The van der Waals surface area contributed by atoms with Gasteiger partial charge in [0.05, 0.1) is 12.3 Å². The third kappa shape index (κ3) is 2.39. The highest BCUT2D eigenvalue weighted by atomic mass is 16.5. The molecule has 0 amide bonds. The van der Waals surface area contributed by atoms with Gasteiger partial charge in [0, 0.05) is 6.20 Å². The van der Waals surface area contributed by atoms with Crippen molar-refractivity contribution in [1.82, 2.24) is 9.38 Å². The highest BCUT2D eigenvalue weighted by Gasteiger charge is 2.16. The fraction of sp³-hybridized carbons (Fsp3) is 0.533. The Labute approximate surface area is 113 Å². The van der Waals surface area contributed by atoms with Gasteiger partial charge in [-0.1, -0.05) is 19.3 Å². The normalized spacial score (nSPS) is 16.9. The van der Waals surface area contributed by atoms with Gasteiger partial charge in [0.2, 0.25) is 5.88 Å². The Morgan fingerprint density at radius 1 is 1.37 bits per heavy atom. The standard InChI is InChI=1S/C15H20N2O2/c1-11-15(18)16-14-13(8-5-9-17(11)14)19-10-12-6-3-2-4-7-12/h5,8-9,12,18H,2-4,6-7,10H2,1H3. The summed E-state index contributed by atoms with van der Waals surface area (Å²) in [7, 11) is 0. The van der Waals surface area contributed by atoms with Crippen LogP contribution in [0.15, 0.2) is 18.3 Å². The third-order valence-electron chi connectivity index (χ3n) is 4.03. The molecule has 1 N–H and O–H groups in total. The molecule has 0 bridgehead atoms. The van der Waals surface area contributed by atoms with Crippen molar-refractivity contribution < 1.29 is 9.84 Å². The van der Waals surface area contributed by atoms with Crippen LogP contribution < -0.4 is 4.74 Å². The van der Waals surface area contributed by atoms with E-state index < -0.39 is 0 Å². The Bertz CT molecular complexity index is 571. The van der Waals surface area contributed by atoms with Crippen molar-refractivity contribution in [3.05, 3.63) is 24.0 Å². The molecule has 1 aliphatic carbocycles. The van der Waals surface area contributed by atoms with E-state index in [1.807, 2.05) is 29.7 Å². The summed E-state index contributed by atoms with van der Waals surface area (Å²) in [5.74, 6) is 1.50. The summed E-state index contributed by atoms with van der Waals surface area (Å²) >= 11 is 0. The molecule has 2 aromatic rings. The van der Waals surface area contributed by atoms with Gasteiger partial charge >= 0.3 is 0 Å². The maximum atomic E-state index is 9.70. The summed E-state index contributed by atoms with van der Waals surface area (Å²) in [5, 5.41) is 9.70. The fourth-order valence-electron chi connectivity index (χ4n) is 2.82. The van der Waals surface area contributed by atoms with Crippen LogP contribution in [0.3, 0.4) is 0 Å². The number of rotatable bonds is 3. The average Bonchev–Trinajstić information content (AvgIpc) is 2.74. The lowest BCUT2D eigenvalue weighted by Crippen LogP contribution is -2.15. The maximum Gasteiger partial charge on any atom is 0.233 e. The van der Waals surface area contributed by atoms with E-state index in [0.29, 0.717) is 11.6 Å². The summed E-state index contributed by atoms with van der Waals surface area (Å²) in [6.45, 7) is 2.60. The van der Waals surface area contributed by atoms with Crippen LogP contribution in [0.1, 0.15) is 37.8 Å². The van der Waals surface area contributed by atoms with Crippen LogP contribution in [0.2, 0.25) is 0 Å². The van der Waals surface area contributed by atoms with Gasteiger partial charge in [-0.3, -0.25) is 4.40 Å². The molecule has 1 saturated carbocycles. The monoisotopic (exact) mass is 260 g/mol. The van der Waals surface area contributed by atoms with Gasteiger partial charge in [-0.05, 0) is 37.8 Å². The Morgan fingerprint density at radius 2 is 2.16 bits per heavy atom. The molecule has 19 heavy (non-hydrogen) atoms. The number of hydrogen-bond acceptors (Lipinski definition) is 3. The molecule has 0 unspecified atom stereocenters. The number of fused-ring (bicyclic) bond motifs is 1. The molecule has 1 fully saturated rings. The van der Waals surface area contributed by atoms with E-state index in [2.05, 4.69) is 4.98 Å². The molecule has 102 valence electrons. The number of aryl methyl sites for hydroxylation is 1. The second-order valence-electron chi connectivity index (χ2n) is 5.40. The number of hydrogen-bond donors (Lipinski definition) is 1. The summed E-state index contributed by atoms with van der Waals surface area (Å²) < 4.78 is 7.80. The highest BCUT2D eigenvalue weighted by Crippen LogP contribution is 2.28. The van der Waals surface area contributed by atoms with E-state index in [0.717, 1.165) is 18.1 Å². The van der Waals surface area contributed by atoms with Crippen molar-refractivity contribution in [2.24, 2.45) is 5.92 Å². The van der Waals surface area contributed by atoms with Crippen molar-refractivity contribution in [2.45, 2.75) is 39.0 Å². The van der Waals surface area contributed by atoms with Crippen molar-refractivity contribution in [3.63, 3.8) is 0 Å². The Morgan fingerprint density at radius 3 is 2.95 bits per heavy atom. The van der Waals surface area contributed by atoms with Crippen molar-refractivity contribution in [2.75, 3.05) is 6.61 Å². The van der Waals surface area contributed by atoms with Crippen molar-refractivity contribution >= 4 is 5.65 Å². The van der Waals surface area contributed by atoms with Crippen LogP contribution in [0.5, 0.6) is 11.6 Å². The summed E-state index contributed by atoms with van der Waals surface area (Å²) in [5.41, 5.74) is 1.45. The summed E-state index contributed by atoms with van der Waals surface area (Å²) in [6, 6.07) is 3.85. The van der Waals surface area contributed by atoms with Crippen molar-refractivity contribution in [3.8, 4) is 11.6 Å². The topological polar surface area (TPSA) is 46.8 Å². The molecule has 4 heteroatoms. The lowest BCUT2D eigenvalue weighted by Gasteiger charge is -2.21. The summed E-state index contributed by atoms with van der Waals surface area (Å²) in [6.07, 6.45) is 8.43. The Kier molecular flexibility index (Phi) is 3.32. The number of nitrogens with zero attached hydrogens (tertiary/aromatic N) is 2. The van der Waals surface area contributed by atoms with Gasteiger partial charge in [-0.2, -0.15) is 4.98 Å². The number of ether oxygens (including phenoxy) is 1. The molecule has 2 aromatic heterocycles. The smallest absolute Gasteiger partial charge is 0.233 e. The molecule has 3 rings (SSSR count). The molecular formula is C15H20N2O2. The minimum absolute atomic E-state index is 0.0775. The van der Waals surface area contributed by atoms with Crippen LogP contribution in [-0.2, 0) is 0 Å². The molecule has 1 aliphatic rings. The van der Waals surface area contributed by atoms with Crippen LogP contribution in [0, 0.1) is 12.8 Å². The molecule has 0 atom stereocenters. The van der Waals surface area contributed by atoms with E-state index in [4.69, 9.17) is 4.74 Å². The first-order valence-electron chi connectivity index (χ1n) is 7.05. The predicted octanol–water partition coefficient (Wildman–Crippen LogP) is 3.31. The molecular weight excluding hydrogens is 240 g/mol. The number of aromatic nitrogens is 2. The zero-order valence-corrected chi connectivity index (χ0v) is 11.3. The number of imidazole rings is 1. The molecule has 0 aliphatic heterocycles. The zero-order chi connectivity index (χ0) is 13.2.